The van der Waals surface area contributed by atoms with Crippen LogP contribution in [0, 0.1) is 30.6 Å². The van der Waals surface area contributed by atoms with E-state index >= 15 is 0 Å². The average Bonchev–Trinajstić information content (AvgIpc) is 3.68. The zero-order chi connectivity index (χ0) is 20.7. The van der Waals surface area contributed by atoms with Crippen LogP contribution in [0.2, 0.25) is 0 Å². The van der Waals surface area contributed by atoms with E-state index in [9.17, 15) is 5.26 Å². The highest BCUT2D eigenvalue weighted by Gasteiger charge is 2.44. The number of ether oxygens (including phenoxy) is 1. The molecule has 2 fully saturated rings. The van der Waals surface area contributed by atoms with Crippen molar-refractivity contribution < 1.29 is 4.74 Å². The Labute approximate surface area is 175 Å². The number of nitriles is 1. The van der Waals surface area contributed by atoms with Gasteiger partial charge in [0.2, 0.25) is 5.95 Å². The molecule has 30 heavy (non-hydrogen) atoms. The van der Waals surface area contributed by atoms with Gasteiger partial charge in [0.25, 0.3) is 0 Å². The summed E-state index contributed by atoms with van der Waals surface area (Å²) in [4.78, 5) is 9.17. The summed E-state index contributed by atoms with van der Waals surface area (Å²) in [5, 5.41) is 16.9. The summed E-state index contributed by atoms with van der Waals surface area (Å²) in [5.41, 5.74) is 4.54. The van der Waals surface area contributed by atoms with Crippen molar-refractivity contribution in [3.05, 3.63) is 47.9 Å². The van der Waals surface area contributed by atoms with Crippen LogP contribution >= 0.6 is 0 Å². The van der Waals surface area contributed by atoms with E-state index in [1.54, 1.807) is 0 Å². The summed E-state index contributed by atoms with van der Waals surface area (Å²) in [6.07, 6.45) is 9.90. The quantitative estimate of drug-likeness (QED) is 0.617. The van der Waals surface area contributed by atoms with Crippen LogP contribution in [0.4, 0.5) is 11.6 Å². The van der Waals surface area contributed by atoms with Crippen LogP contribution in [0.15, 0.2) is 36.8 Å². The number of aromatic nitrogens is 4. The molecule has 7 nitrogen and oxygen atoms in total. The number of rotatable bonds is 7. The van der Waals surface area contributed by atoms with Crippen LogP contribution in [0.1, 0.15) is 42.9 Å². The molecule has 0 unspecified atom stereocenters. The molecule has 0 atom stereocenters. The van der Waals surface area contributed by atoms with E-state index in [0.717, 1.165) is 46.7 Å². The molecule has 2 aliphatic carbocycles. The van der Waals surface area contributed by atoms with E-state index in [-0.39, 0.29) is 5.41 Å². The van der Waals surface area contributed by atoms with Gasteiger partial charge in [-0.2, -0.15) is 10.4 Å². The molecule has 0 aliphatic heterocycles. The first kappa shape index (κ1) is 18.6. The van der Waals surface area contributed by atoms with Crippen LogP contribution in [0.3, 0.4) is 0 Å². The number of hydrogen-bond acceptors (Lipinski definition) is 6. The van der Waals surface area contributed by atoms with Crippen LogP contribution in [0.5, 0.6) is 5.75 Å². The second-order valence-corrected chi connectivity index (χ2v) is 8.45. The van der Waals surface area contributed by atoms with Gasteiger partial charge in [0.05, 0.1) is 35.1 Å². The highest BCUT2D eigenvalue weighted by atomic mass is 16.5. The molecule has 7 heteroatoms. The Balaban J connectivity index is 1.34. The van der Waals surface area contributed by atoms with Gasteiger partial charge in [-0.3, -0.25) is 4.68 Å². The minimum Gasteiger partial charge on any atom is -0.492 e. The second-order valence-electron chi connectivity index (χ2n) is 8.45. The summed E-state index contributed by atoms with van der Waals surface area (Å²) >= 11 is 0. The molecule has 0 bridgehead atoms. The van der Waals surface area contributed by atoms with Crippen molar-refractivity contribution in [2.45, 2.75) is 45.6 Å². The van der Waals surface area contributed by atoms with Gasteiger partial charge in [-0.05, 0) is 68.9 Å². The van der Waals surface area contributed by atoms with Crippen molar-refractivity contribution in [1.29, 1.82) is 5.26 Å². The zero-order valence-corrected chi connectivity index (χ0v) is 17.2. The van der Waals surface area contributed by atoms with Gasteiger partial charge < -0.3 is 10.1 Å². The van der Waals surface area contributed by atoms with Crippen LogP contribution < -0.4 is 10.1 Å². The van der Waals surface area contributed by atoms with Gasteiger partial charge in [-0.25, -0.2) is 9.97 Å². The normalized spacial score (nSPS) is 16.7. The molecule has 0 amide bonds. The number of benzene rings is 1. The topological polar surface area (TPSA) is 88.7 Å². The maximum absolute atomic E-state index is 9.23. The lowest BCUT2D eigenvalue weighted by Gasteiger charge is -2.14. The van der Waals surface area contributed by atoms with Gasteiger partial charge in [0, 0.05) is 18.0 Å². The fourth-order valence-electron chi connectivity index (χ4n) is 3.48. The van der Waals surface area contributed by atoms with Crippen molar-refractivity contribution in [3.8, 4) is 23.1 Å². The highest BCUT2D eigenvalue weighted by Crippen LogP contribution is 2.45. The van der Waals surface area contributed by atoms with E-state index in [1.807, 2.05) is 49.3 Å². The predicted molar refractivity (Wildman–Crippen MR) is 113 cm³/mol. The lowest BCUT2D eigenvalue weighted by Crippen LogP contribution is -2.11. The summed E-state index contributed by atoms with van der Waals surface area (Å²) in [6, 6.07) is 8.96. The average molecular weight is 400 g/mol. The third-order valence-corrected chi connectivity index (χ3v) is 5.79. The molecule has 2 aromatic heterocycles. The Morgan fingerprint density at radius 1 is 1.23 bits per heavy atom. The van der Waals surface area contributed by atoms with E-state index < -0.39 is 0 Å². The Hall–Kier alpha value is -3.40. The Morgan fingerprint density at radius 2 is 2.07 bits per heavy atom. The summed E-state index contributed by atoms with van der Waals surface area (Å²) in [5.74, 6) is 1.37. The van der Waals surface area contributed by atoms with Crippen LogP contribution in [-0.2, 0) is 0 Å². The van der Waals surface area contributed by atoms with E-state index in [0.29, 0.717) is 18.6 Å². The fourth-order valence-corrected chi connectivity index (χ4v) is 3.48. The fraction of sp³-hybridized carbons (Fsp3) is 0.391. The zero-order valence-electron chi connectivity index (χ0n) is 17.2. The highest BCUT2D eigenvalue weighted by molar-refractivity contribution is 5.66. The van der Waals surface area contributed by atoms with E-state index in [2.05, 4.69) is 27.5 Å². The monoisotopic (exact) mass is 400 g/mol. The SMILES string of the molecule is Cc1cc(-c2nc(Nc3cnn(C4CC4)c3)ncc2C)ccc1OCC1(C#N)CC1. The summed E-state index contributed by atoms with van der Waals surface area (Å²) < 4.78 is 7.93. The number of anilines is 2. The lowest BCUT2D eigenvalue weighted by atomic mass is 10.0. The molecular weight excluding hydrogens is 376 g/mol. The number of hydrogen-bond donors (Lipinski definition) is 1. The molecule has 0 radical (unpaired) electrons. The molecule has 5 rings (SSSR count). The lowest BCUT2D eigenvalue weighted by molar-refractivity contribution is 0.267. The second kappa shape index (κ2) is 7.13. The summed E-state index contributed by atoms with van der Waals surface area (Å²) in [6.45, 7) is 4.49. The van der Waals surface area contributed by atoms with Crippen LogP contribution in [0.25, 0.3) is 11.3 Å². The standard InChI is InChI=1S/C23H24N6O/c1-15-9-17(3-6-20(15)30-14-23(13-24)7-8-23)21-16(2)10-25-22(28-21)27-18-11-26-29(12-18)19-4-5-19/h3,6,9-12,19H,4-5,7-8,14H2,1-2H3,(H,25,27,28). The molecule has 152 valence electrons. The molecule has 2 aliphatic rings. The minimum atomic E-state index is -0.276. The van der Waals surface area contributed by atoms with Crippen molar-refractivity contribution in [3.63, 3.8) is 0 Å². The largest absolute Gasteiger partial charge is 0.492 e. The molecule has 0 spiro atoms. The smallest absolute Gasteiger partial charge is 0.227 e. The summed E-state index contributed by atoms with van der Waals surface area (Å²) in [7, 11) is 0. The van der Waals surface area contributed by atoms with Gasteiger partial charge in [0.1, 0.15) is 12.4 Å². The van der Waals surface area contributed by atoms with Crippen molar-refractivity contribution >= 4 is 11.6 Å². The molecule has 1 aromatic carbocycles. The number of nitrogens with zero attached hydrogens (tertiary/aromatic N) is 5. The molecule has 0 saturated heterocycles. The maximum atomic E-state index is 9.23. The minimum absolute atomic E-state index is 0.276. The van der Waals surface area contributed by atoms with Crippen LogP contribution in [-0.4, -0.2) is 26.4 Å². The number of aryl methyl sites for hydroxylation is 2. The Kier molecular flexibility index (Phi) is 4.43. The van der Waals surface area contributed by atoms with Gasteiger partial charge in [0.15, 0.2) is 0 Å². The first-order chi connectivity index (χ1) is 14.5. The third kappa shape index (κ3) is 3.73. The maximum Gasteiger partial charge on any atom is 0.227 e. The van der Waals surface area contributed by atoms with Crippen molar-refractivity contribution in [2.24, 2.45) is 5.41 Å². The Morgan fingerprint density at radius 3 is 2.77 bits per heavy atom. The van der Waals surface area contributed by atoms with Gasteiger partial charge >= 0.3 is 0 Å². The predicted octanol–water partition coefficient (Wildman–Crippen LogP) is 4.72. The van der Waals surface area contributed by atoms with Gasteiger partial charge in [-0.15, -0.1) is 0 Å². The van der Waals surface area contributed by atoms with E-state index in [4.69, 9.17) is 9.72 Å². The molecule has 2 saturated carbocycles. The van der Waals surface area contributed by atoms with Crippen molar-refractivity contribution in [2.75, 3.05) is 11.9 Å². The van der Waals surface area contributed by atoms with E-state index in [1.165, 1.54) is 12.8 Å². The first-order valence-electron chi connectivity index (χ1n) is 10.4. The first-order valence-corrected chi connectivity index (χ1v) is 10.4. The van der Waals surface area contributed by atoms with Gasteiger partial charge in [-0.1, -0.05) is 0 Å². The Bertz CT molecular complexity index is 1140. The van der Waals surface area contributed by atoms with Crippen molar-refractivity contribution in [1.82, 2.24) is 19.7 Å². The molecule has 3 aromatic rings. The third-order valence-electron chi connectivity index (χ3n) is 5.79. The molecule has 2 heterocycles. The number of nitrogens with one attached hydrogen (secondary N) is 1. The molecular formula is C23H24N6O. The molecule has 1 N–H and O–H groups in total.